The highest BCUT2D eigenvalue weighted by molar-refractivity contribution is 7.19. The quantitative estimate of drug-likeness (QED) is 0.100. The first-order chi connectivity index (χ1) is 26.3. The van der Waals surface area contributed by atoms with Gasteiger partial charge in [0.15, 0.2) is 8.07 Å². The minimum atomic E-state index is -2.74. The number of nitrogens with zero attached hydrogens (tertiary/aromatic N) is 3. The molecule has 8 aromatic carbocycles. The number of benzene rings is 8. The highest BCUT2D eigenvalue weighted by Gasteiger charge is 2.41. The van der Waals surface area contributed by atoms with E-state index in [0.29, 0.717) is 0 Å². The predicted molar refractivity (Wildman–Crippen MR) is 226 cm³/mol. The molecule has 0 aliphatic carbocycles. The number of hydrogen-bond donors (Lipinski definition) is 0. The standard InChI is InChI=1S/C49H33N3Si/c1-4-18-35(19-5-1)53(36-20-6-2-7-21-36,37-22-8-3-9-23-37)38-24-16-17-34(31-38)51-45-29-14-12-26-40(45)43-32-42-39-25-10-11-27-41(39)49-50-44-28-13-15-30-46(44)52(49)48(42)33-47(43)51/h1-33H. The zero-order valence-corrected chi connectivity index (χ0v) is 29.9. The SMILES string of the molecule is c1ccc([Si](c2ccccc2)(c2ccccc2)c2cccc(-n3c4ccccc4c4cc5c6ccccc6c6nc7ccccc7n6c5cc43)c2)cc1. The van der Waals surface area contributed by atoms with Gasteiger partial charge in [0.25, 0.3) is 0 Å². The molecular weight excluding hydrogens is 659 g/mol. The summed E-state index contributed by atoms with van der Waals surface area (Å²) in [7, 11) is -2.74. The fourth-order valence-electron chi connectivity index (χ4n) is 8.99. The van der Waals surface area contributed by atoms with Crippen LogP contribution >= 0.6 is 0 Å². The van der Waals surface area contributed by atoms with Gasteiger partial charge in [0.1, 0.15) is 5.65 Å². The molecule has 0 atom stereocenters. The van der Waals surface area contributed by atoms with Crippen molar-refractivity contribution in [1.82, 2.24) is 14.0 Å². The van der Waals surface area contributed by atoms with E-state index in [0.717, 1.165) is 33.3 Å². The first-order valence-electron chi connectivity index (χ1n) is 18.2. The molecule has 0 aliphatic rings. The molecule has 0 spiro atoms. The van der Waals surface area contributed by atoms with Crippen molar-refractivity contribution < 1.29 is 0 Å². The monoisotopic (exact) mass is 691 g/mol. The summed E-state index contributed by atoms with van der Waals surface area (Å²) < 4.78 is 4.84. The zero-order chi connectivity index (χ0) is 34.9. The maximum Gasteiger partial charge on any atom is 0.179 e. The lowest BCUT2D eigenvalue weighted by atomic mass is 10.0. The third-order valence-corrected chi connectivity index (χ3v) is 16.0. The maximum absolute atomic E-state index is 5.18. The minimum absolute atomic E-state index is 0.989. The molecule has 3 aromatic heterocycles. The Balaban J connectivity index is 1.26. The third-order valence-electron chi connectivity index (χ3n) is 11.2. The van der Waals surface area contributed by atoms with E-state index in [1.807, 2.05) is 0 Å². The number of rotatable bonds is 5. The Bertz CT molecular complexity index is 3070. The van der Waals surface area contributed by atoms with Gasteiger partial charge in [-0.2, -0.15) is 0 Å². The molecule has 11 aromatic rings. The van der Waals surface area contributed by atoms with Crippen LogP contribution in [0.15, 0.2) is 200 Å². The lowest BCUT2D eigenvalue weighted by molar-refractivity contribution is 1.18. The van der Waals surface area contributed by atoms with Crippen LogP contribution in [-0.4, -0.2) is 22.0 Å². The van der Waals surface area contributed by atoms with Crippen molar-refractivity contribution in [1.29, 1.82) is 0 Å². The van der Waals surface area contributed by atoms with Crippen LogP contribution in [0.1, 0.15) is 0 Å². The molecular formula is C49H33N3Si. The Morgan fingerprint density at radius 2 is 0.868 bits per heavy atom. The molecule has 0 N–H and O–H groups in total. The zero-order valence-electron chi connectivity index (χ0n) is 28.9. The Hall–Kier alpha value is -6.75. The van der Waals surface area contributed by atoms with Crippen molar-refractivity contribution in [2.45, 2.75) is 0 Å². The molecule has 53 heavy (non-hydrogen) atoms. The van der Waals surface area contributed by atoms with Crippen molar-refractivity contribution in [3.05, 3.63) is 200 Å². The van der Waals surface area contributed by atoms with Gasteiger partial charge in [-0.15, -0.1) is 0 Å². The molecule has 11 rings (SSSR count). The van der Waals surface area contributed by atoms with E-state index < -0.39 is 8.07 Å². The summed E-state index contributed by atoms with van der Waals surface area (Å²) in [6.45, 7) is 0. The van der Waals surface area contributed by atoms with Gasteiger partial charge < -0.3 is 4.57 Å². The van der Waals surface area contributed by atoms with Crippen molar-refractivity contribution in [2.75, 3.05) is 0 Å². The normalized spacial score (nSPS) is 12.2. The van der Waals surface area contributed by atoms with Gasteiger partial charge in [0.05, 0.1) is 27.6 Å². The van der Waals surface area contributed by atoms with E-state index in [2.05, 4.69) is 209 Å². The summed E-state index contributed by atoms with van der Waals surface area (Å²) >= 11 is 0. The maximum atomic E-state index is 5.18. The number of imidazole rings is 1. The molecule has 0 amide bonds. The summed E-state index contributed by atoms with van der Waals surface area (Å²) in [6, 6.07) is 73.8. The second-order valence-corrected chi connectivity index (χ2v) is 17.8. The summed E-state index contributed by atoms with van der Waals surface area (Å²) in [5, 5.41) is 11.5. The van der Waals surface area contributed by atoms with E-state index in [9.17, 15) is 0 Å². The van der Waals surface area contributed by atoms with Crippen molar-refractivity contribution >= 4 is 89.0 Å². The van der Waals surface area contributed by atoms with E-state index in [-0.39, 0.29) is 0 Å². The lowest BCUT2D eigenvalue weighted by Gasteiger charge is -2.34. The molecule has 3 heterocycles. The first kappa shape index (κ1) is 29.9. The van der Waals surface area contributed by atoms with E-state index >= 15 is 0 Å². The molecule has 3 nitrogen and oxygen atoms in total. The van der Waals surface area contributed by atoms with Crippen LogP contribution in [0.3, 0.4) is 0 Å². The van der Waals surface area contributed by atoms with Crippen LogP contribution in [0, 0.1) is 0 Å². The second-order valence-electron chi connectivity index (χ2n) is 13.9. The van der Waals surface area contributed by atoms with E-state index in [4.69, 9.17) is 4.98 Å². The summed E-state index contributed by atoms with van der Waals surface area (Å²) in [5.41, 5.74) is 7.78. The number of pyridine rings is 1. The topological polar surface area (TPSA) is 22.2 Å². The molecule has 0 saturated carbocycles. The molecule has 248 valence electrons. The van der Waals surface area contributed by atoms with Gasteiger partial charge in [-0.1, -0.05) is 158 Å². The number of hydrogen-bond acceptors (Lipinski definition) is 1. The Morgan fingerprint density at radius 3 is 1.55 bits per heavy atom. The van der Waals surface area contributed by atoms with Crippen LogP contribution in [-0.2, 0) is 0 Å². The largest absolute Gasteiger partial charge is 0.309 e. The van der Waals surface area contributed by atoms with E-state index in [1.54, 1.807) is 0 Å². The predicted octanol–water partition coefficient (Wildman–Crippen LogP) is 9.27. The second kappa shape index (κ2) is 11.6. The fraction of sp³-hybridized carbons (Fsp3) is 0. The van der Waals surface area contributed by atoms with Gasteiger partial charge >= 0.3 is 0 Å². The van der Waals surface area contributed by atoms with Gasteiger partial charge in [-0.25, -0.2) is 4.98 Å². The summed E-state index contributed by atoms with van der Waals surface area (Å²) in [6.07, 6.45) is 0. The minimum Gasteiger partial charge on any atom is -0.309 e. The molecule has 4 heteroatoms. The number of para-hydroxylation sites is 3. The lowest BCUT2D eigenvalue weighted by Crippen LogP contribution is -2.74. The molecule has 0 fully saturated rings. The van der Waals surface area contributed by atoms with Crippen molar-refractivity contribution in [3.8, 4) is 5.69 Å². The Morgan fingerprint density at radius 1 is 0.340 bits per heavy atom. The third kappa shape index (κ3) is 4.30. The Labute approximate surface area is 307 Å². The summed E-state index contributed by atoms with van der Waals surface area (Å²) in [5.74, 6) is 0. The molecule has 0 saturated heterocycles. The van der Waals surface area contributed by atoms with Gasteiger partial charge in [-0.3, -0.25) is 4.40 Å². The van der Waals surface area contributed by atoms with Gasteiger partial charge in [0, 0.05) is 27.2 Å². The summed E-state index contributed by atoms with van der Waals surface area (Å²) in [4.78, 5) is 5.18. The fourth-order valence-corrected chi connectivity index (χ4v) is 13.8. The first-order valence-corrected chi connectivity index (χ1v) is 20.2. The van der Waals surface area contributed by atoms with Crippen LogP contribution in [0.2, 0.25) is 0 Å². The van der Waals surface area contributed by atoms with Crippen molar-refractivity contribution in [2.24, 2.45) is 0 Å². The van der Waals surface area contributed by atoms with Gasteiger partial charge in [0.2, 0.25) is 0 Å². The average molecular weight is 692 g/mol. The molecule has 0 radical (unpaired) electrons. The average Bonchev–Trinajstić information content (AvgIpc) is 3.78. The Kier molecular flexibility index (Phi) is 6.57. The van der Waals surface area contributed by atoms with Crippen LogP contribution in [0.4, 0.5) is 0 Å². The highest BCUT2D eigenvalue weighted by Crippen LogP contribution is 2.39. The number of fused-ring (bicyclic) bond motifs is 11. The number of aromatic nitrogens is 3. The molecule has 0 aliphatic heterocycles. The smallest absolute Gasteiger partial charge is 0.179 e. The van der Waals surface area contributed by atoms with E-state index in [1.165, 1.54) is 53.3 Å². The van der Waals surface area contributed by atoms with Crippen LogP contribution < -0.4 is 20.7 Å². The van der Waals surface area contributed by atoms with Crippen molar-refractivity contribution in [3.63, 3.8) is 0 Å². The van der Waals surface area contributed by atoms with Crippen LogP contribution in [0.5, 0.6) is 0 Å². The highest BCUT2D eigenvalue weighted by atomic mass is 28.3. The van der Waals surface area contributed by atoms with Crippen LogP contribution in [0.25, 0.3) is 65.8 Å². The molecule has 0 bridgehead atoms. The molecule has 0 unspecified atom stereocenters. The van der Waals surface area contributed by atoms with Gasteiger partial charge in [-0.05, 0) is 68.6 Å².